The molecule has 0 aliphatic heterocycles. The van der Waals surface area contributed by atoms with E-state index < -0.39 is 5.97 Å². The Bertz CT molecular complexity index is 1210. The summed E-state index contributed by atoms with van der Waals surface area (Å²) < 4.78 is 5.35. The number of unbranched alkanes of at least 4 members (excludes halogenated alkanes) is 1. The maximum absolute atomic E-state index is 12.7. The van der Waals surface area contributed by atoms with Crippen molar-refractivity contribution in [3.63, 3.8) is 0 Å². The first-order valence-electron chi connectivity index (χ1n) is 9.74. The summed E-state index contributed by atoms with van der Waals surface area (Å²) in [7, 11) is 0. The number of phenolic OH excluding ortho intramolecular Hbond substituents is 2. The second-order valence-electron chi connectivity index (χ2n) is 7.04. The molecule has 4 heteroatoms. The lowest BCUT2D eigenvalue weighted by atomic mass is 9.90. The molecule has 0 unspecified atom stereocenters. The van der Waals surface area contributed by atoms with Crippen LogP contribution in [0.2, 0.25) is 0 Å². The minimum atomic E-state index is -0.567. The van der Waals surface area contributed by atoms with Gasteiger partial charge in [-0.3, -0.25) is 0 Å². The molecule has 0 atom stereocenters. The molecule has 0 fully saturated rings. The van der Waals surface area contributed by atoms with E-state index in [-0.39, 0.29) is 17.1 Å². The maximum Gasteiger partial charge on any atom is 0.341 e. The van der Waals surface area contributed by atoms with Crippen LogP contribution in [0.1, 0.15) is 30.1 Å². The highest BCUT2D eigenvalue weighted by Crippen LogP contribution is 2.46. The van der Waals surface area contributed by atoms with E-state index in [0.717, 1.165) is 34.4 Å². The molecule has 146 valence electrons. The molecule has 2 N–H and O–H groups in total. The highest BCUT2D eigenvalue weighted by Gasteiger charge is 2.23. The summed E-state index contributed by atoms with van der Waals surface area (Å²) in [6.45, 7) is 2.32. The van der Waals surface area contributed by atoms with Crippen molar-refractivity contribution in [2.75, 3.05) is 6.61 Å². The van der Waals surface area contributed by atoms with Crippen molar-refractivity contribution in [3.8, 4) is 22.6 Å². The van der Waals surface area contributed by atoms with E-state index in [0.29, 0.717) is 17.7 Å². The Morgan fingerprint density at radius 2 is 1.52 bits per heavy atom. The van der Waals surface area contributed by atoms with Crippen LogP contribution in [0.25, 0.3) is 32.7 Å². The van der Waals surface area contributed by atoms with E-state index in [4.69, 9.17) is 4.74 Å². The number of rotatable bonds is 5. The summed E-state index contributed by atoms with van der Waals surface area (Å²) in [5, 5.41) is 25.1. The van der Waals surface area contributed by atoms with Crippen LogP contribution in [0.15, 0.2) is 66.7 Å². The van der Waals surface area contributed by atoms with E-state index >= 15 is 0 Å². The van der Waals surface area contributed by atoms with Gasteiger partial charge >= 0.3 is 5.97 Å². The fourth-order valence-corrected chi connectivity index (χ4v) is 3.66. The van der Waals surface area contributed by atoms with Gasteiger partial charge in [0.25, 0.3) is 0 Å². The minimum absolute atomic E-state index is 0.0423. The summed E-state index contributed by atoms with van der Waals surface area (Å²) >= 11 is 0. The molecule has 4 aromatic carbocycles. The zero-order valence-corrected chi connectivity index (χ0v) is 16.2. The van der Waals surface area contributed by atoms with E-state index in [2.05, 4.69) is 0 Å². The monoisotopic (exact) mass is 386 g/mol. The molecule has 4 aromatic rings. The normalized spacial score (nSPS) is 11.1. The van der Waals surface area contributed by atoms with Gasteiger partial charge in [-0.1, -0.05) is 67.9 Å². The number of fused-ring (bicyclic) bond motifs is 2. The van der Waals surface area contributed by atoms with Gasteiger partial charge in [0.2, 0.25) is 0 Å². The largest absolute Gasteiger partial charge is 0.507 e. The van der Waals surface area contributed by atoms with Gasteiger partial charge in [0, 0.05) is 11.1 Å². The third kappa shape index (κ3) is 3.38. The second kappa shape index (κ2) is 7.84. The molecule has 0 heterocycles. The smallest absolute Gasteiger partial charge is 0.341 e. The third-order valence-electron chi connectivity index (χ3n) is 5.13. The number of hydrogen-bond donors (Lipinski definition) is 2. The van der Waals surface area contributed by atoms with Gasteiger partial charge in [-0.05, 0) is 40.1 Å². The Morgan fingerprint density at radius 3 is 2.24 bits per heavy atom. The Labute approximate surface area is 169 Å². The van der Waals surface area contributed by atoms with Crippen molar-refractivity contribution in [3.05, 3.63) is 72.3 Å². The Hall–Kier alpha value is -3.53. The molecular weight excluding hydrogens is 364 g/mol. The van der Waals surface area contributed by atoms with E-state index in [1.54, 1.807) is 12.1 Å². The van der Waals surface area contributed by atoms with Crippen LogP contribution in [0.4, 0.5) is 0 Å². The van der Waals surface area contributed by atoms with Gasteiger partial charge in [0.05, 0.1) is 6.61 Å². The van der Waals surface area contributed by atoms with Gasteiger partial charge < -0.3 is 14.9 Å². The first-order chi connectivity index (χ1) is 14.1. The van der Waals surface area contributed by atoms with Crippen molar-refractivity contribution < 1.29 is 19.7 Å². The first kappa shape index (κ1) is 18.8. The Kier molecular flexibility index (Phi) is 5.09. The first-order valence-corrected chi connectivity index (χ1v) is 9.74. The molecule has 0 aromatic heterocycles. The number of hydrogen-bond acceptors (Lipinski definition) is 4. The SMILES string of the molecule is CCCCOC(=O)c1cc2ccccc2c(-c2c(O)ccc3ccccc23)c1O. The zero-order chi connectivity index (χ0) is 20.4. The predicted octanol–water partition coefficient (Wildman–Crippen LogP) is 6.03. The molecule has 4 rings (SSSR count). The lowest BCUT2D eigenvalue weighted by Gasteiger charge is -2.16. The molecule has 0 aliphatic carbocycles. The van der Waals surface area contributed by atoms with Crippen LogP contribution in [0.5, 0.6) is 11.5 Å². The number of carbonyl (C=O) groups is 1. The molecule has 0 spiro atoms. The number of aromatic hydroxyl groups is 2. The van der Waals surface area contributed by atoms with Crippen LogP contribution < -0.4 is 0 Å². The molecule has 4 nitrogen and oxygen atoms in total. The van der Waals surface area contributed by atoms with Gasteiger partial charge in [0.1, 0.15) is 17.1 Å². The molecular formula is C25H22O4. The summed E-state index contributed by atoms with van der Waals surface area (Å²) in [5.74, 6) is -0.708. The standard InChI is InChI=1S/C25H22O4/c1-2-3-14-29-25(28)20-15-17-9-5-7-11-19(17)23(24(20)27)22-18-10-6-4-8-16(18)12-13-21(22)26/h4-13,15,26-27H,2-3,14H2,1H3. The second-order valence-corrected chi connectivity index (χ2v) is 7.04. The van der Waals surface area contributed by atoms with Crippen LogP contribution >= 0.6 is 0 Å². The number of ether oxygens (including phenoxy) is 1. The Balaban J connectivity index is 2.01. The van der Waals surface area contributed by atoms with Gasteiger partial charge in [-0.25, -0.2) is 4.79 Å². The number of esters is 1. The molecule has 0 radical (unpaired) electrons. The average Bonchev–Trinajstić information content (AvgIpc) is 2.74. The summed E-state index contributed by atoms with van der Waals surface area (Å²) in [4.78, 5) is 12.7. The molecule has 29 heavy (non-hydrogen) atoms. The molecule has 0 bridgehead atoms. The summed E-state index contributed by atoms with van der Waals surface area (Å²) in [6, 6.07) is 20.2. The van der Waals surface area contributed by atoms with Crippen LogP contribution in [-0.2, 0) is 4.74 Å². The average molecular weight is 386 g/mol. The van der Waals surface area contributed by atoms with Gasteiger partial charge in [-0.15, -0.1) is 0 Å². The predicted molar refractivity (Wildman–Crippen MR) is 115 cm³/mol. The van der Waals surface area contributed by atoms with Gasteiger partial charge in [0.15, 0.2) is 0 Å². The fraction of sp³-hybridized carbons (Fsp3) is 0.160. The third-order valence-corrected chi connectivity index (χ3v) is 5.13. The van der Waals surface area contributed by atoms with Crippen molar-refractivity contribution in [1.82, 2.24) is 0 Å². The number of carbonyl (C=O) groups excluding carboxylic acids is 1. The zero-order valence-electron chi connectivity index (χ0n) is 16.2. The molecule has 0 amide bonds. The quantitative estimate of drug-likeness (QED) is 0.325. The lowest BCUT2D eigenvalue weighted by molar-refractivity contribution is 0.0497. The molecule has 0 saturated heterocycles. The minimum Gasteiger partial charge on any atom is -0.507 e. The highest BCUT2D eigenvalue weighted by molar-refractivity contribution is 6.13. The molecule has 0 saturated carbocycles. The van der Waals surface area contributed by atoms with Crippen LogP contribution in [0, 0.1) is 0 Å². The maximum atomic E-state index is 12.7. The number of phenols is 2. The van der Waals surface area contributed by atoms with Crippen molar-refractivity contribution >= 4 is 27.5 Å². The van der Waals surface area contributed by atoms with E-state index in [1.165, 1.54) is 0 Å². The van der Waals surface area contributed by atoms with Crippen molar-refractivity contribution in [2.45, 2.75) is 19.8 Å². The topological polar surface area (TPSA) is 66.8 Å². The lowest BCUT2D eigenvalue weighted by Crippen LogP contribution is -2.07. The van der Waals surface area contributed by atoms with Crippen LogP contribution in [0.3, 0.4) is 0 Å². The highest BCUT2D eigenvalue weighted by atomic mass is 16.5. The van der Waals surface area contributed by atoms with E-state index in [1.807, 2.05) is 61.5 Å². The van der Waals surface area contributed by atoms with Gasteiger partial charge in [-0.2, -0.15) is 0 Å². The Morgan fingerprint density at radius 1 is 0.862 bits per heavy atom. The van der Waals surface area contributed by atoms with Crippen LogP contribution in [-0.4, -0.2) is 22.8 Å². The fourth-order valence-electron chi connectivity index (χ4n) is 3.66. The van der Waals surface area contributed by atoms with E-state index in [9.17, 15) is 15.0 Å². The van der Waals surface area contributed by atoms with Crippen molar-refractivity contribution in [2.24, 2.45) is 0 Å². The summed E-state index contributed by atoms with van der Waals surface area (Å²) in [5.41, 5.74) is 1.03. The summed E-state index contributed by atoms with van der Waals surface area (Å²) in [6.07, 6.45) is 1.67. The number of benzene rings is 4. The molecule has 0 aliphatic rings. The van der Waals surface area contributed by atoms with Crippen molar-refractivity contribution in [1.29, 1.82) is 0 Å².